The summed E-state index contributed by atoms with van der Waals surface area (Å²) in [6.07, 6.45) is 2.87. The van der Waals surface area contributed by atoms with Crippen LogP contribution in [0.2, 0.25) is 0 Å². The third kappa shape index (κ3) is 5.48. The van der Waals surface area contributed by atoms with Gasteiger partial charge in [0.25, 0.3) is 5.91 Å². The van der Waals surface area contributed by atoms with E-state index in [4.69, 9.17) is 9.47 Å². The van der Waals surface area contributed by atoms with Crippen LogP contribution in [0.15, 0.2) is 45.8 Å². The Labute approximate surface area is 184 Å². The Morgan fingerprint density at radius 1 is 1.10 bits per heavy atom. The molecule has 29 heavy (non-hydrogen) atoms. The molecule has 0 saturated carbocycles. The zero-order chi connectivity index (χ0) is 20.8. The summed E-state index contributed by atoms with van der Waals surface area (Å²) >= 11 is 5.03. The van der Waals surface area contributed by atoms with Crippen molar-refractivity contribution in [1.82, 2.24) is 5.32 Å². The van der Waals surface area contributed by atoms with Gasteiger partial charge in [-0.3, -0.25) is 4.79 Å². The maximum atomic E-state index is 12.5. The van der Waals surface area contributed by atoms with E-state index in [1.807, 2.05) is 44.2 Å². The summed E-state index contributed by atoms with van der Waals surface area (Å²) in [5, 5.41) is 6.31. The molecular weight excluding hydrogens is 452 g/mol. The zero-order valence-electron chi connectivity index (χ0n) is 16.8. The molecule has 0 bridgehead atoms. The molecule has 0 aliphatic carbocycles. The number of anilines is 1. The molecule has 0 aromatic heterocycles. The highest BCUT2D eigenvalue weighted by molar-refractivity contribution is 9.10. The number of thioether (sulfide) groups is 1. The molecule has 2 aromatic rings. The van der Waals surface area contributed by atoms with Crippen molar-refractivity contribution in [1.29, 1.82) is 0 Å². The Morgan fingerprint density at radius 2 is 1.76 bits per heavy atom. The van der Waals surface area contributed by atoms with Gasteiger partial charge in [-0.05, 0) is 61.7 Å². The molecule has 154 valence electrons. The van der Waals surface area contributed by atoms with Gasteiger partial charge in [-0.1, -0.05) is 46.7 Å². The lowest BCUT2D eigenvalue weighted by Gasteiger charge is -2.13. The van der Waals surface area contributed by atoms with Crippen LogP contribution in [-0.4, -0.2) is 24.6 Å². The summed E-state index contributed by atoms with van der Waals surface area (Å²) in [5.74, 6) is 1.25. The van der Waals surface area contributed by atoms with Gasteiger partial charge in [-0.2, -0.15) is 0 Å². The molecule has 1 amide bonds. The average molecular weight is 477 g/mol. The van der Waals surface area contributed by atoms with Crippen LogP contribution in [0, 0.1) is 0 Å². The smallest absolute Gasteiger partial charge is 0.260 e. The van der Waals surface area contributed by atoms with E-state index in [1.165, 1.54) is 17.3 Å². The zero-order valence-corrected chi connectivity index (χ0v) is 19.2. The number of hydrogen-bond acceptors (Lipinski definition) is 5. The predicted octanol–water partition coefficient (Wildman–Crippen LogP) is 5.41. The van der Waals surface area contributed by atoms with Crippen molar-refractivity contribution >= 4 is 45.4 Å². The number of amides is 1. The van der Waals surface area contributed by atoms with E-state index in [-0.39, 0.29) is 11.4 Å². The predicted molar refractivity (Wildman–Crippen MR) is 123 cm³/mol. The molecule has 5 nitrogen and oxygen atoms in total. The van der Waals surface area contributed by atoms with E-state index in [0.717, 1.165) is 22.1 Å². The molecule has 1 heterocycles. The number of hydrogen-bond donors (Lipinski definition) is 2. The lowest BCUT2D eigenvalue weighted by Crippen LogP contribution is -2.30. The van der Waals surface area contributed by atoms with Crippen molar-refractivity contribution < 1.29 is 14.3 Å². The first kappa shape index (κ1) is 21.6. The second-order valence-electron chi connectivity index (χ2n) is 6.36. The van der Waals surface area contributed by atoms with Gasteiger partial charge >= 0.3 is 0 Å². The van der Waals surface area contributed by atoms with Crippen LogP contribution in [0.3, 0.4) is 0 Å². The minimum absolute atomic E-state index is 0.101. The minimum Gasteiger partial charge on any atom is -0.490 e. The monoisotopic (exact) mass is 476 g/mol. The number of carbonyl (C=O) groups excluding carboxylic acids is 1. The maximum absolute atomic E-state index is 12.5. The number of halogens is 1. The molecule has 3 rings (SSSR count). The number of rotatable bonds is 8. The second kappa shape index (κ2) is 10.1. The Hall–Kier alpha value is -2.12. The first-order chi connectivity index (χ1) is 14.0. The normalized spacial score (nSPS) is 17.3. The fourth-order valence-electron chi connectivity index (χ4n) is 2.89. The minimum atomic E-state index is -0.214. The van der Waals surface area contributed by atoms with E-state index in [1.54, 1.807) is 0 Å². The number of benzene rings is 2. The van der Waals surface area contributed by atoms with Crippen molar-refractivity contribution in [3.63, 3.8) is 0 Å². The summed E-state index contributed by atoms with van der Waals surface area (Å²) < 4.78 is 12.2. The highest BCUT2D eigenvalue weighted by Crippen LogP contribution is 2.37. The van der Waals surface area contributed by atoms with Crippen molar-refractivity contribution in [2.24, 2.45) is 0 Å². The van der Waals surface area contributed by atoms with Crippen molar-refractivity contribution in [3.8, 4) is 11.5 Å². The van der Waals surface area contributed by atoms with Crippen LogP contribution in [0.25, 0.3) is 6.08 Å². The molecule has 1 fully saturated rings. The van der Waals surface area contributed by atoms with E-state index in [9.17, 15) is 4.79 Å². The average Bonchev–Trinajstić information content (AvgIpc) is 3.05. The van der Waals surface area contributed by atoms with Gasteiger partial charge in [0.15, 0.2) is 17.0 Å². The topological polar surface area (TPSA) is 59.6 Å². The van der Waals surface area contributed by atoms with Gasteiger partial charge in [0.05, 0.1) is 18.1 Å². The molecule has 7 heteroatoms. The quantitative estimate of drug-likeness (QED) is 0.498. The van der Waals surface area contributed by atoms with Crippen LogP contribution in [0.5, 0.6) is 11.5 Å². The van der Waals surface area contributed by atoms with Crippen LogP contribution in [-0.2, 0) is 11.2 Å². The molecule has 1 atom stereocenters. The summed E-state index contributed by atoms with van der Waals surface area (Å²) in [6, 6.07) is 12.0. The first-order valence-corrected chi connectivity index (χ1v) is 11.3. The standard InChI is InChI=1S/C22H25BrN2O3S/c1-4-14-7-9-16(10-8-14)24-22-25-21(26)20(29-22)12-15-11-18(27-5-2)19(28-6-3)13-17(15)23/h7-13,22,24H,4-6H2,1-3H3,(H,25,26)/b20-12-/t22-/m0/s1. The summed E-state index contributed by atoms with van der Waals surface area (Å²) in [5.41, 5.74) is 2.91. The molecule has 2 N–H and O–H groups in total. The van der Waals surface area contributed by atoms with Crippen molar-refractivity contribution in [3.05, 3.63) is 56.9 Å². The van der Waals surface area contributed by atoms with Crippen molar-refractivity contribution in [2.75, 3.05) is 18.5 Å². The van der Waals surface area contributed by atoms with E-state index in [2.05, 4.69) is 45.6 Å². The Balaban J connectivity index is 1.77. The lowest BCUT2D eigenvalue weighted by molar-refractivity contribution is -0.116. The van der Waals surface area contributed by atoms with Gasteiger partial charge in [0, 0.05) is 10.2 Å². The van der Waals surface area contributed by atoms with Gasteiger partial charge in [-0.15, -0.1) is 0 Å². The Kier molecular flexibility index (Phi) is 7.50. The highest BCUT2D eigenvalue weighted by Gasteiger charge is 2.27. The summed E-state index contributed by atoms with van der Waals surface area (Å²) in [6.45, 7) is 7.08. The fraction of sp³-hybridized carbons (Fsp3) is 0.318. The van der Waals surface area contributed by atoms with Crippen LogP contribution in [0.4, 0.5) is 5.69 Å². The van der Waals surface area contributed by atoms with E-state index < -0.39 is 0 Å². The molecule has 1 saturated heterocycles. The molecule has 2 aromatic carbocycles. The lowest BCUT2D eigenvalue weighted by atomic mass is 10.1. The van der Waals surface area contributed by atoms with Gasteiger partial charge in [0.2, 0.25) is 0 Å². The van der Waals surface area contributed by atoms with Gasteiger partial charge in [0.1, 0.15) is 0 Å². The van der Waals surface area contributed by atoms with Crippen LogP contribution < -0.4 is 20.1 Å². The first-order valence-electron chi connectivity index (χ1n) is 9.67. The summed E-state index contributed by atoms with van der Waals surface area (Å²) in [7, 11) is 0. The van der Waals surface area contributed by atoms with E-state index >= 15 is 0 Å². The molecule has 0 radical (unpaired) electrons. The van der Waals surface area contributed by atoms with Crippen LogP contribution in [0.1, 0.15) is 31.9 Å². The SMILES string of the molecule is CCOc1cc(Br)c(/C=C2\S[C@@H](Nc3ccc(CC)cc3)NC2=O)cc1OCC. The van der Waals surface area contributed by atoms with Crippen molar-refractivity contribution in [2.45, 2.75) is 32.7 Å². The largest absolute Gasteiger partial charge is 0.490 e. The Morgan fingerprint density at radius 3 is 2.38 bits per heavy atom. The van der Waals surface area contributed by atoms with E-state index in [0.29, 0.717) is 29.6 Å². The molecule has 1 aliphatic rings. The third-order valence-corrected chi connectivity index (χ3v) is 6.06. The van der Waals surface area contributed by atoms with Crippen LogP contribution >= 0.6 is 27.7 Å². The molecular formula is C22H25BrN2O3S. The number of ether oxygens (including phenoxy) is 2. The van der Waals surface area contributed by atoms with Gasteiger partial charge < -0.3 is 20.1 Å². The van der Waals surface area contributed by atoms with Gasteiger partial charge in [-0.25, -0.2) is 0 Å². The molecule has 1 aliphatic heterocycles. The maximum Gasteiger partial charge on any atom is 0.260 e. The number of nitrogens with one attached hydrogen (secondary N) is 2. The fourth-order valence-corrected chi connectivity index (χ4v) is 4.31. The molecule has 0 unspecified atom stereocenters. The number of carbonyl (C=O) groups is 1. The second-order valence-corrected chi connectivity index (χ2v) is 8.36. The highest BCUT2D eigenvalue weighted by atomic mass is 79.9. The number of aryl methyl sites for hydroxylation is 1. The Bertz CT molecular complexity index is 900. The summed E-state index contributed by atoms with van der Waals surface area (Å²) in [4.78, 5) is 13.1. The molecule has 0 spiro atoms. The third-order valence-electron chi connectivity index (χ3n) is 4.34.